The second-order valence-corrected chi connectivity index (χ2v) is 4.99. The average Bonchev–Trinajstić information content (AvgIpc) is 2.64. The van der Waals surface area contributed by atoms with E-state index < -0.39 is 11.3 Å². The maximum absolute atomic E-state index is 12.3. The van der Waals surface area contributed by atoms with Gasteiger partial charge in [-0.15, -0.1) is 0 Å². The number of ether oxygens (including phenoxy) is 1. The van der Waals surface area contributed by atoms with E-state index in [4.69, 9.17) is 20.4 Å². The molecule has 9 nitrogen and oxygen atoms in total. The first kappa shape index (κ1) is 18.1. The molecule has 0 unspecified atom stereocenters. The third-order valence-corrected chi connectivity index (χ3v) is 3.14. The summed E-state index contributed by atoms with van der Waals surface area (Å²) in [4.78, 5) is 24.6. The minimum atomic E-state index is -0.617. The molecule has 0 aliphatic rings. The van der Waals surface area contributed by atoms with Gasteiger partial charge in [0.25, 0.3) is 5.91 Å². The molecule has 0 saturated carbocycles. The molecule has 132 valence electrons. The van der Waals surface area contributed by atoms with Crippen LogP contribution >= 0.6 is 0 Å². The molecule has 0 bridgehead atoms. The Balaban J connectivity index is 2.29. The van der Waals surface area contributed by atoms with Gasteiger partial charge in [0.15, 0.2) is 0 Å². The first-order chi connectivity index (χ1) is 12.2. The van der Waals surface area contributed by atoms with Crippen LogP contribution in [-0.2, 0) is 13.2 Å². The van der Waals surface area contributed by atoms with Gasteiger partial charge in [-0.2, -0.15) is 0 Å². The van der Waals surface area contributed by atoms with Crippen molar-refractivity contribution in [2.24, 2.45) is 11.0 Å². The molecule has 2 aromatic rings. The highest BCUT2D eigenvalue weighted by molar-refractivity contribution is 5.93. The molecule has 4 N–H and O–H groups in total. The normalized spacial score (nSPS) is 10.1. The van der Waals surface area contributed by atoms with Crippen LogP contribution in [-0.4, -0.2) is 19.0 Å². The van der Waals surface area contributed by atoms with Crippen LogP contribution < -0.4 is 26.6 Å². The van der Waals surface area contributed by atoms with E-state index in [0.29, 0.717) is 0 Å². The summed E-state index contributed by atoms with van der Waals surface area (Å²) in [5.74, 6) is -0.948. The molecular weight excluding hydrogens is 326 g/mol. The molecule has 1 heterocycles. The number of rotatable bonds is 9. The zero-order valence-electron chi connectivity index (χ0n) is 13.4. The molecule has 0 saturated heterocycles. The Morgan fingerprint density at radius 3 is 2.76 bits per heavy atom. The summed E-state index contributed by atoms with van der Waals surface area (Å²) in [6.07, 6.45) is 0. The van der Waals surface area contributed by atoms with Gasteiger partial charge in [-0.25, -0.2) is 0 Å². The van der Waals surface area contributed by atoms with Gasteiger partial charge in [0.1, 0.15) is 12.4 Å². The quantitative estimate of drug-likeness (QED) is 0.456. The predicted octanol–water partition coefficient (Wildman–Crippen LogP) is 0.933. The largest absolute Gasteiger partial charge is 0.481 e. The van der Waals surface area contributed by atoms with Crippen LogP contribution in [0.15, 0.2) is 50.8 Å². The molecule has 1 amide bonds. The van der Waals surface area contributed by atoms with Crippen molar-refractivity contribution in [3.63, 3.8) is 0 Å². The third-order valence-electron chi connectivity index (χ3n) is 3.14. The summed E-state index contributed by atoms with van der Waals surface area (Å²) in [6.45, 7) is 0.490. The first-order valence-corrected chi connectivity index (χ1v) is 7.54. The number of hydrogen-bond acceptors (Lipinski definition) is 6. The van der Waals surface area contributed by atoms with Crippen molar-refractivity contribution in [2.45, 2.75) is 13.2 Å². The molecular formula is C16H18N5O4-. The number of carbonyl (C=O) groups excluding carboxylic acids is 1. The van der Waals surface area contributed by atoms with Crippen molar-refractivity contribution < 1.29 is 13.9 Å². The van der Waals surface area contributed by atoms with Gasteiger partial charge in [-0.05, 0) is 5.56 Å². The minimum Gasteiger partial charge on any atom is -0.481 e. The monoisotopic (exact) mass is 344 g/mol. The Labute approximate surface area is 143 Å². The van der Waals surface area contributed by atoms with E-state index in [1.807, 2.05) is 30.3 Å². The lowest BCUT2D eigenvalue weighted by atomic mass is 10.2. The van der Waals surface area contributed by atoms with Crippen molar-refractivity contribution in [3.05, 3.63) is 69.2 Å². The Morgan fingerprint density at radius 1 is 1.32 bits per heavy atom. The molecule has 1 aromatic carbocycles. The second kappa shape index (κ2) is 9.18. The van der Waals surface area contributed by atoms with Crippen molar-refractivity contribution >= 4 is 5.91 Å². The van der Waals surface area contributed by atoms with Crippen LogP contribution in [0.5, 0.6) is 5.75 Å². The third kappa shape index (κ3) is 5.15. The number of amides is 1. The first-order valence-electron chi connectivity index (χ1n) is 7.54. The van der Waals surface area contributed by atoms with E-state index >= 15 is 0 Å². The van der Waals surface area contributed by atoms with E-state index in [9.17, 15) is 9.59 Å². The van der Waals surface area contributed by atoms with Crippen molar-refractivity contribution in [1.82, 2.24) is 10.7 Å². The maximum Gasteiger partial charge on any atom is 0.291 e. The summed E-state index contributed by atoms with van der Waals surface area (Å²) in [5, 5.41) is 5.25. The molecule has 0 aliphatic heterocycles. The number of nitrogens with zero attached hydrogens (tertiary/aromatic N) is 2. The lowest BCUT2D eigenvalue weighted by Crippen LogP contribution is -2.30. The number of nitrogens with one attached hydrogen (secondary N) is 2. The molecule has 0 spiro atoms. The fourth-order valence-electron chi connectivity index (χ4n) is 2.01. The Kier molecular flexibility index (Phi) is 6.66. The topological polar surface area (TPSA) is 141 Å². The number of hydrogen-bond donors (Lipinski definition) is 3. The Bertz CT molecular complexity index is 776. The van der Waals surface area contributed by atoms with Gasteiger partial charge in [0.05, 0.1) is 0 Å². The average molecular weight is 344 g/mol. The van der Waals surface area contributed by atoms with Crippen LogP contribution in [0.1, 0.15) is 21.9 Å². The van der Waals surface area contributed by atoms with Gasteiger partial charge < -0.3 is 31.2 Å². The van der Waals surface area contributed by atoms with Gasteiger partial charge >= 0.3 is 0 Å². The van der Waals surface area contributed by atoms with Crippen molar-refractivity contribution in [3.8, 4) is 5.75 Å². The fraction of sp³-hybridized carbons (Fsp3) is 0.250. The fourth-order valence-corrected chi connectivity index (χ4v) is 2.01. The lowest BCUT2D eigenvalue weighted by molar-refractivity contribution is 0.0913. The Hall–Kier alpha value is -3.20. The van der Waals surface area contributed by atoms with Gasteiger partial charge in [0, 0.05) is 25.7 Å². The van der Waals surface area contributed by atoms with Crippen LogP contribution in [0.3, 0.4) is 0 Å². The molecule has 25 heavy (non-hydrogen) atoms. The van der Waals surface area contributed by atoms with Crippen molar-refractivity contribution in [1.29, 1.82) is 0 Å². The molecule has 1 aromatic heterocycles. The second-order valence-electron chi connectivity index (χ2n) is 4.99. The summed E-state index contributed by atoms with van der Waals surface area (Å²) in [6, 6.07) is 10.4. The van der Waals surface area contributed by atoms with Gasteiger partial charge in [0.2, 0.25) is 16.9 Å². The van der Waals surface area contributed by atoms with Gasteiger partial charge in [-0.3, -0.25) is 14.8 Å². The standard InChI is InChI=1S/C16H18N5O4/c17-6-7-19-16(23)15-14(24-10-11-4-2-1-3-5-11)13(22)8-12(25-15)9-20-21-18/h1-5,8H,6-7,9-10,17H2,(H2-,18,19,20,23)/q-1. The van der Waals surface area contributed by atoms with E-state index in [1.165, 1.54) is 0 Å². The summed E-state index contributed by atoms with van der Waals surface area (Å²) in [7, 11) is 0. The predicted molar refractivity (Wildman–Crippen MR) is 89.8 cm³/mol. The van der Waals surface area contributed by atoms with Crippen LogP contribution in [0, 0.1) is 0 Å². The van der Waals surface area contributed by atoms with E-state index in [-0.39, 0.29) is 43.5 Å². The lowest BCUT2D eigenvalue weighted by Gasteiger charge is -2.12. The van der Waals surface area contributed by atoms with E-state index in [0.717, 1.165) is 11.6 Å². The van der Waals surface area contributed by atoms with Gasteiger partial charge in [-0.1, -0.05) is 30.3 Å². The number of carbonyl (C=O) groups is 1. The van der Waals surface area contributed by atoms with E-state index in [2.05, 4.69) is 16.0 Å². The van der Waals surface area contributed by atoms with Crippen molar-refractivity contribution in [2.75, 3.05) is 13.1 Å². The maximum atomic E-state index is 12.3. The van der Waals surface area contributed by atoms with Crippen LogP contribution in [0.2, 0.25) is 0 Å². The van der Waals surface area contributed by atoms with Crippen LogP contribution in [0.4, 0.5) is 0 Å². The molecule has 0 atom stereocenters. The zero-order chi connectivity index (χ0) is 18.1. The SMILES string of the molecule is [N-]=NNCc1cc(=O)c(OCc2ccccc2)c(C(=O)NCCN)o1. The highest BCUT2D eigenvalue weighted by Gasteiger charge is 2.20. The molecule has 9 heteroatoms. The molecule has 0 fully saturated rings. The Morgan fingerprint density at radius 2 is 2.08 bits per heavy atom. The highest BCUT2D eigenvalue weighted by Crippen LogP contribution is 2.17. The van der Waals surface area contributed by atoms with E-state index in [1.54, 1.807) is 0 Å². The number of nitrogens with two attached hydrogens (primary N) is 1. The molecule has 0 aliphatic carbocycles. The van der Waals surface area contributed by atoms with Crippen LogP contribution in [0.25, 0.3) is 5.53 Å². The molecule has 0 radical (unpaired) electrons. The highest BCUT2D eigenvalue weighted by atomic mass is 16.5. The smallest absolute Gasteiger partial charge is 0.291 e. The summed E-state index contributed by atoms with van der Waals surface area (Å²) >= 11 is 0. The minimum absolute atomic E-state index is 0.0676. The molecule has 2 rings (SSSR count). The zero-order valence-corrected chi connectivity index (χ0v) is 13.4. The summed E-state index contributed by atoms with van der Waals surface area (Å²) in [5.41, 5.74) is 16.3. The number of benzene rings is 1. The summed E-state index contributed by atoms with van der Waals surface area (Å²) < 4.78 is 11.0.